The zero-order chi connectivity index (χ0) is 12.4. The van der Waals surface area contributed by atoms with Crippen molar-refractivity contribution in [2.75, 3.05) is 18.5 Å². The highest BCUT2D eigenvalue weighted by Gasteiger charge is 2.31. The molecular weight excluding hydrogens is 284 g/mol. The lowest BCUT2D eigenvalue weighted by atomic mass is 10.0. The third-order valence-corrected chi connectivity index (χ3v) is 4.25. The lowest BCUT2D eigenvalue weighted by Gasteiger charge is -2.30. The third kappa shape index (κ3) is 2.37. The molecule has 1 fully saturated rings. The average Bonchev–Trinajstić information content (AvgIpc) is 2.80. The predicted octanol–water partition coefficient (Wildman–Crippen LogP) is 1.10. The predicted molar refractivity (Wildman–Crippen MR) is 71.1 cm³/mol. The van der Waals surface area contributed by atoms with Crippen molar-refractivity contribution >= 4 is 21.7 Å². The van der Waals surface area contributed by atoms with Crippen LogP contribution in [-0.2, 0) is 0 Å². The summed E-state index contributed by atoms with van der Waals surface area (Å²) in [5.41, 5.74) is 5.63. The summed E-state index contributed by atoms with van der Waals surface area (Å²) in [6, 6.07) is 0.380. The number of hydrogen-bond acceptors (Lipinski definition) is 4. The number of anilines is 1. The first kappa shape index (κ1) is 12.6. The van der Waals surface area contributed by atoms with Crippen LogP contribution in [0.25, 0.3) is 0 Å². The minimum Gasteiger partial charge on any atom is -0.355 e. The summed E-state index contributed by atoms with van der Waals surface area (Å²) in [6.45, 7) is 0.690. The van der Waals surface area contributed by atoms with Crippen molar-refractivity contribution in [1.82, 2.24) is 9.97 Å². The van der Waals surface area contributed by atoms with E-state index < -0.39 is 0 Å². The van der Waals surface area contributed by atoms with Gasteiger partial charge < -0.3 is 15.6 Å². The minimum atomic E-state index is -0.149. The number of halogens is 1. The van der Waals surface area contributed by atoms with Crippen LogP contribution in [0, 0.1) is 5.92 Å². The Balaban J connectivity index is 2.27. The molecule has 0 bridgehead atoms. The van der Waals surface area contributed by atoms with Crippen LogP contribution in [0.2, 0.25) is 0 Å². The molecule has 6 heteroatoms. The second-order valence-corrected chi connectivity index (χ2v) is 5.27. The van der Waals surface area contributed by atoms with Crippen LogP contribution in [0.1, 0.15) is 19.3 Å². The van der Waals surface area contributed by atoms with Gasteiger partial charge >= 0.3 is 0 Å². The number of hydrogen-bond donors (Lipinski definition) is 2. The van der Waals surface area contributed by atoms with Crippen LogP contribution in [0.3, 0.4) is 0 Å². The molecule has 94 valence electrons. The lowest BCUT2D eigenvalue weighted by Crippen LogP contribution is -2.39. The Hall–Kier alpha value is -0.880. The largest absolute Gasteiger partial charge is 0.355 e. The minimum absolute atomic E-state index is 0.149. The zero-order valence-electron chi connectivity index (χ0n) is 9.82. The van der Waals surface area contributed by atoms with Gasteiger partial charge in [0.2, 0.25) is 0 Å². The number of rotatable bonds is 3. The molecule has 0 spiro atoms. The molecular formula is C11H17BrN4O. The topological polar surface area (TPSA) is 75.0 Å². The molecule has 2 unspecified atom stereocenters. The molecule has 0 aromatic carbocycles. The van der Waals surface area contributed by atoms with E-state index in [-0.39, 0.29) is 5.56 Å². The summed E-state index contributed by atoms with van der Waals surface area (Å²) in [6.07, 6.45) is 4.90. The standard InChI is InChI=1S/C11H17BrN4O/c1-16(8-4-2-3-7(8)5-13)10-9(12)11(17)15-6-14-10/h6-8H,2-5,13H2,1H3,(H,14,15,17). The Labute approximate surface area is 109 Å². The summed E-state index contributed by atoms with van der Waals surface area (Å²) in [7, 11) is 1.98. The first-order valence-electron chi connectivity index (χ1n) is 5.81. The van der Waals surface area contributed by atoms with E-state index >= 15 is 0 Å². The number of H-pyrrole nitrogens is 1. The number of nitrogens with zero attached hydrogens (tertiary/aromatic N) is 2. The SMILES string of the molecule is CN(c1nc[nH]c(=O)c1Br)C1CCCC1CN. The van der Waals surface area contributed by atoms with Gasteiger partial charge in [0.15, 0.2) is 0 Å². The van der Waals surface area contributed by atoms with Crippen molar-refractivity contribution in [3.63, 3.8) is 0 Å². The first-order valence-corrected chi connectivity index (χ1v) is 6.60. The maximum Gasteiger partial charge on any atom is 0.267 e. The molecule has 3 N–H and O–H groups in total. The molecule has 0 amide bonds. The molecule has 0 aliphatic heterocycles. The van der Waals surface area contributed by atoms with Crippen molar-refractivity contribution in [2.24, 2.45) is 11.7 Å². The van der Waals surface area contributed by atoms with E-state index in [1.165, 1.54) is 12.7 Å². The van der Waals surface area contributed by atoms with Gasteiger partial charge in [-0.2, -0.15) is 0 Å². The zero-order valence-corrected chi connectivity index (χ0v) is 11.4. The van der Waals surface area contributed by atoms with Crippen LogP contribution >= 0.6 is 15.9 Å². The van der Waals surface area contributed by atoms with Crippen molar-refractivity contribution in [1.29, 1.82) is 0 Å². The monoisotopic (exact) mass is 300 g/mol. The molecule has 1 saturated carbocycles. The van der Waals surface area contributed by atoms with Crippen molar-refractivity contribution in [3.05, 3.63) is 21.2 Å². The Morgan fingerprint density at radius 3 is 3.12 bits per heavy atom. The maximum atomic E-state index is 11.5. The van der Waals surface area contributed by atoms with Gasteiger partial charge in [0.05, 0.1) is 6.33 Å². The van der Waals surface area contributed by atoms with Gasteiger partial charge in [-0.3, -0.25) is 4.79 Å². The van der Waals surface area contributed by atoms with Gasteiger partial charge in [-0.05, 0) is 41.2 Å². The van der Waals surface area contributed by atoms with Gasteiger partial charge in [0.1, 0.15) is 10.3 Å². The fraction of sp³-hybridized carbons (Fsp3) is 0.636. The van der Waals surface area contributed by atoms with E-state index in [9.17, 15) is 4.79 Å². The van der Waals surface area contributed by atoms with E-state index in [1.807, 2.05) is 7.05 Å². The Morgan fingerprint density at radius 2 is 2.41 bits per heavy atom. The molecule has 2 atom stereocenters. The van der Waals surface area contributed by atoms with Gasteiger partial charge in [-0.15, -0.1) is 0 Å². The molecule has 0 saturated heterocycles. The molecule has 5 nitrogen and oxygen atoms in total. The smallest absolute Gasteiger partial charge is 0.267 e. The van der Waals surface area contributed by atoms with E-state index in [4.69, 9.17) is 5.73 Å². The molecule has 1 aliphatic rings. The third-order valence-electron chi connectivity index (χ3n) is 3.53. The van der Waals surface area contributed by atoms with Crippen LogP contribution in [0.5, 0.6) is 0 Å². The van der Waals surface area contributed by atoms with Crippen LogP contribution in [-0.4, -0.2) is 29.6 Å². The highest BCUT2D eigenvalue weighted by Crippen LogP contribution is 2.32. The van der Waals surface area contributed by atoms with E-state index in [2.05, 4.69) is 30.8 Å². The highest BCUT2D eigenvalue weighted by atomic mass is 79.9. The van der Waals surface area contributed by atoms with E-state index in [1.54, 1.807) is 0 Å². The quantitative estimate of drug-likeness (QED) is 0.876. The van der Waals surface area contributed by atoms with Crippen LogP contribution in [0.15, 0.2) is 15.6 Å². The molecule has 0 radical (unpaired) electrons. The van der Waals surface area contributed by atoms with Crippen LogP contribution in [0.4, 0.5) is 5.82 Å². The van der Waals surface area contributed by atoms with Gasteiger partial charge in [-0.1, -0.05) is 6.42 Å². The lowest BCUT2D eigenvalue weighted by molar-refractivity contribution is 0.471. The van der Waals surface area contributed by atoms with Crippen LogP contribution < -0.4 is 16.2 Å². The Morgan fingerprint density at radius 1 is 1.65 bits per heavy atom. The van der Waals surface area contributed by atoms with Crippen molar-refractivity contribution < 1.29 is 0 Å². The van der Waals surface area contributed by atoms with Crippen molar-refractivity contribution in [2.45, 2.75) is 25.3 Å². The normalized spacial score (nSPS) is 23.9. The second kappa shape index (κ2) is 5.18. The number of aromatic nitrogens is 2. The van der Waals surface area contributed by atoms with E-state index in [0.717, 1.165) is 12.8 Å². The maximum absolute atomic E-state index is 11.5. The summed E-state index contributed by atoms with van der Waals surface area (Å²) in [4.78, 5) is 20.4. The van der Waals surface area contributed by atoms with Gasteiger partial charge in [-0.25, -0.2) is 4.98 Å². The molecule has 17 heavy (non-hydrogen) atoms. The molecule has 1 aliphatic carbocycles. The summed E-state index contributed by atoms with van der Waals surface area (Å²) in [5.74, 6) is 1.19. The Bertz CT molecular complexity index is 447. The summed E-state index contributed by atoms with van der Waals surface area (Å²) in [5, 5.41) is 0. The first-order chi connectivity index (χ1) is 8.15. The molecule has 1 aromatic rings. The highest BCUT2D eigenvalue weighted by molar-refractivity contribution is 9.10. The molecule has 1 aromatic heterocycles. The fourth-order valence-electron chi connectivity index (χ4n) is 2.58. The average molecular weight is 301 g/mol. The van der Waals surface area contributed by atoms with Gasteiger partial charge in [0.25, 0.3) is 5.56 Å². The van der Waals surface area contributed by atoms with Crippen molar-refractivity contribution in [3.8, 4) is 0 Å². The Kier molecular flexibility index (Phi) is 3.83. The number of aromatic amines is 1. The summed E-state index contributed by atoms with van der Waals surface area (Å²) < 4.78 is 0.491. The molecule has 1 heterocycles. The summed E-state index contributed by atoms with van der Waals surface area (Å²) >= 11 is 3.29. The number of nitrogens with one attached hydrogen (secondary N) is 1. The second-order valence-electron chi connectivity index (χ2n) is 4.47. The fourth-order valence-corrected chi connectivity index (χ4v) is 3.08. The molecule has 2 rings (SSSR count). The van der Waals surface area contributed by atoms with Gasteiger partial charge in [0, 0.05) is 13.1 Å². The number of nitrogens with two attached hydrogens (primary N) is 1. The van der Waals surface area contributed by atoms with E-state index in [0.29, 0.717) is 28.8 Å².